The number of ether oxygens (including phenoxy) is 1. The molecule has 6 nitrogen and oxygen atoms in total. The summed E-state index contributed by atoms with van der Waals surface area (Å²) in [6.45, 7) is 1.94. The topological polar surface area (TPSA) is 74.1 Å². The molecular weight excluding hydrogens is 398 g/mol. The van der Waals surface area contributed by atoms with Crippen LogP contribution in [0.4, 0.5) is 0 Å². The van der Waals surface area contributed by atoms with Gasteiger partial charge in [0.1, 0.15) is 11.6 Å². The Morgan fingerprint density at radius 3 is 2.60 bits per heavy atom. The quantitative estimate of drug-likeness (QED) is 0.267. The number of hydrogen-bond donors (Lipinski definition) is 0. The van der Waals surface area contributed by atoms with Gasteiger partial charge in [-0.3, -0.25) is 9.59 Å². The third-order valence-corrected chi connectivity index (χ3v) is 5.56. The summed E-state index contributed by atoms with van der Waals surface area (Å²) in [6, 6.07) is 17.8. The molecule has 0 atom stereocenters. The smallest absolute Gasteiger partial charge is 0.267 e. The summed E-state index contributed by atoms with van der Waals surface area (Å²) in [6.07, 6.45) is 1.66. The van der Waals surface area contributed by atoms with E-state index in [0.717, 1.165) is 5.56 Å². The second kappa shape index (κ2) is 8.51. The summed E-state index contributed by atoms with van der Waals surface area (Å²) in [7, 11) is 1.58. The Morgan fingerprint density at radius 1 is 1.10 bits per heavy atom. The van der Waals surface area contributed by atoms with Gasteiger partial charge in [-0.25, -0.2) is 14.5 Å². The number of ketones is 1. The lowest BCUT2D eigenvalue weighted by Crippen LogP contribution is -2.23. The first kappa shape index (κ1) is 19.8. The lowest BCUT2D eigenvalue weighted by molar-refractivity contribution is 0.102. The third kappa shape index (κ3) is 3.97. The molecule has 0 aliphatic carbocycles. The molecule has 2 aromatic carbocycles. The Hall–Kier alpha value is -3.45. The van der Waals surface area contributed by atoms with E-state index in [-0.39, 0.29) is 17.1 Å². The van der Waals surface area contributed by atoms with Gasteiger partial charge in [-0.1, -0.05) is 23.9 Å². The van der Waals surface area contributed by atoms with E-state index >= 15 is 0 Å². The number of thioether (sulfide) groups is 1. The van der Waals surface area contributed by atoms with Crippen LogP contribution in [0.15, 0.2) is 76.8 Å². The molecule has 7 heteroatoms. The highest BCUT2D eigenvalue weighted by Crippen LogP contribution is 2.22. The average molecular weight is 417 g/mol. The van der Waals surface area contributed by atoms with Crippen molar-refractivity contribution < 1.29 is 9.53 Å². The lowest BCUT2D eigenvalue weighted by atomic mass is 10.1. The Kier molecular flexibility index (Phi) is 5.63. The number of pyridine rings is 1. The van der Waals surface area contributed by atoms with Gasteiger partial charge in [0.2, 0.25) is 0 Å². The van der Waals surface area contributed by atoms with E-state index in [4.69, 9.17) is 4.74 Å². The largest absolute Gasteiger partial charge is 0.497 e. The summed E-state index contributed by atoms with van der Waals surface area (Å²) in [5.74, 6) is 1.25. The molecule has 0 radical (unpaired) electrons. The molecule has 2 aromatic heterocycles. The molecule has 0 N–H and O–H groups in total. The fourth-order valence-corrected chi connectivity index (χ4v) is 3.94. The van der Waals surface area contributed by atoms with Crippen molar-refractivity contribution >= 4 is 28.4 Å². The molecule has 2 heterocycles. The van der Waals surface area contributed by atoms with Gasteiger partial charge in [0, 0.05) is 11.8 Å². The Labute approximate surface area is 177 Å². The van der Waals surface area contributed by atoms with E-state index in [1.807, 2.05) is 25.1 Å². The molecule has 0 fully saturated rings. The van der Waals surface area contributed by atoms with Gasteiger partial charge in [0.25, 0.3) is 5.56 Å². The molecule has 0 spiro atoms. The maximum absolute atomic E-state index is 13.2. The fourth-order valence-electron chi connectivity index (χ4n) is 3.04. The SMILES string of the molecule is COc1ccc(C(=O)CSc2nc3ccccc3c(=O)n2-c2cc(C)ccn2)cc1. The predicted octanol–water partition coefficient (Wildman–Crippen LogP) is 4.07. The molecule has 0 amide bonds. The predicted molar refractivity (Wildman–Crippen MR) is 118 cm³/mol. The third-order valence-electron chi connectivity index (χ3n) is 4.62. The number of carbonyl (C=O) groups is 1. The minimum Gasteiger partial charge on any atom is -0.497 e. The van der Waals surface area contributed by atoms with E-state index < -0.39 is 0 Å². The van der Waals surface area contributed by atoms with Crippen LogP contribution in [0.1, 0.15) is 15.9 Å². The molecular formula is C23H19N3O3S. The minimum absolute atomic E-state index is 0.0613. The second-order valence-electron chi connectivity index (χ2n) is 6.68. The molecule has 150 valence electrons. The van der Waals surface area contributed by atoms with Gasteiger partial charge < -0.3 is 4.74 Å². The van der Waals surface area contributed by atoms with Gasteiger partial charge in [0.15, 0.2) is 10.9 Å². The summed E-state index contributed by atoms with van der Waals surface area (Å²) in [5.41, 5.74) is 1.93. The van der Waals surface area contributed by atoms with Gasteiger partial charge in [-0.15, -0.1) is 0 Å². The van der Waals surface area contributed by atoms with E-state index in [1.165, 1.54) is 16.3 Å². The van der Waals surface area contributed by atoms with Crippen LogP contribution in [-0.2, 0) is 0 Å². The monoisotopic (exact) mass is 417 g/mol. The van der Waals surface area contributed by atoms with Crippen LogP contribution in [0.2, 0.25) is 0 Å². The summed E-state index contributed by atoms with van der Waals surface area (Å²) in [4.78, 5) is 34.9. The van der Waals surface area contributed by atoms with Crippen LogP contribution >= 0.6 is 11.8 Å². The van der Waals surface area contributed by atoms with E-state index in [2.05, 4.69) is 9.97 Å². The average Bonchev–Trinajstić information content (AvgIpc) is 2.77. The number of hydrogen-bond acceptors (Lipinski definition) is 6. The zero-order valence-electron chi connectivity index (χ0n) is 16.5. The lowest BCUT2D eigenvalue weighted by Gasteiger charge is -2.12. The standard InChI is InChI=1S/C23H19N3O3S/c1-15-11-12-24-21(13-15)26-22(28)18-5-3-4-6-19(18)25-23(26)30-14-20(27)16-7-9-17(29-2)10-8-16/h3-13H,14H2,1-2H3. The second-order valence-corrected chi connectivity index (χ2v) is 7.63. The maximum Gasteiger partial charge on any atom is 0.267 e. The van der Waals surface area contributed by atoms with Gasteiger partial charge in [-0.2, -0.15) is 0 Å². The van der Waals surface area contributed by atoms with Crippen LogP contribution in [-0.4, -0.2) is 33.2 Å². The van der Waals surface area contributed by atoms with Gasteiger partial charge in [0.05, 0.1) is 23.8 Å². The van der Waals surface area contributed by atoms with Crippen LogP contribution in [0.5, 0.6) is 5.75 Å². The van der Waals surface area contributed by atoms with Crippen LogP contribution in [0.25, 0.3) is 16.7 Å². The summed E-state index contributed by atoms with van der Waals surface area (Å²) < 4.78 is 6.61. The zero-order chi connectivity index (χ0) is 21.1. The maximum atomic E-state index is 13.2. The summed E-state index contributed by atoms with van der Waals surface area (Å²) in [5, 5.41) is 0.935. The van der Waals surface area contributed by atoms with Crippen LogP contribution in [0, 0.1) is 6.92 Å². The zero-order valence-corrected chi connectivity index (χ0v) is 17.3. The van der Waals surface area contributed by atoms with Crippen molar-refractivity contribution in [2.24, 2.45) is 0 Å². The number of fused-ring (bicyclic) bond motifs is 1. The number of carbonyl (C=O) groups excluding carboxylic acids is 1. The molecule has 0 bridgehead atoms. The van der Waals surface area contributed by atoms with E-state index in [9.17, 15) is 9.59 Å². The van der Waals surface area contributed by atoms with E-state index in [0.29, 0.717) is 33.2 Å². The van der Waals surface area contributed by atoms with Gasteiger partial charge in [-0.05, 0) is 61.0 Å². The normalized spacial score (nSPS) is 10.9. The number of aromatic nitrogens is 3. The first-order valence-corrected chi connectivity index (χ1v) is 10.3. The number of methoxy groups -OCH3 is 1. The Balaban J connectivity index is 1.72. The van der Waals surface area contributed by atoms with Crippen molar-refractivity contribution in [2.75, 3.05) is 12.9 Å². The number of rotatable bonds is 6. The molecule has 30 heavy (non-hydrogen) atoms. The highest BCUT2D eigenvalue weighted by molar-refractivity contribution is 7.99. The van der Waals surface area contributed by atoms with Crippen molar-refractivity contribution in [2.45, 2.75) is 12.1 Å². The molecule has 0 saturated heterocycles. The van der Waals surface area contributed by atoms with Crippen LogP contribution < -0.4 is 10.3 Å². The minimum atomic E-state index is -0.210. The first-order valence-electron chi connectivity index (χ1n) is 9.31. The molecule has 0 unspecified atom stereocenters. The first-order chi connectivity index (χ1) is 14.6. The number of aryl methyl sites for hydroxylation is 1. The van der Waals surface area contributed by atoms with E-state index in [1.54, 1.807) is 55.8 Å². The number of Topliss-reactive ketones (excluding diaryl/α,β-unsaturated/α-hetero) is 1. The number of para-hydroxylation sites is 1. The van der Waals surface area contributed by atoms with Crippen molar-refractivity contribution in [1.29, 1.82) is 0 Å². The van der Waals surface area contributed by atoms with Crippen molar-refractivity contribution in [1.82, 2.24) is 14.5 Å². The van der Waals surface area contributed by atoms with Crippen molar-refractivity contribution in [3.05, 3.63) is 88.3 Å². The molecule has 0 saturated carbocycles. The molecule has 0 aliphatic rings. The molecule has 0 aliphatic heterocycles. The Bertz CT molecular complexity index is 1280. The fraction of sp³-hybridized carbons (Fsp3) is 0.130. The highest BCUT2D eigenvalue weighted by Gasteiger charge is 2.16. The Morgan fingerprint density at radius 2 is 1.87 bits per heavy atom. The van der Waals surface area contributed by atoms with Crippen LogP contribution in [0.3, 0.4) is 0 Å². The van der Waals surface area contributed by atoms with Gasteiger partial charge >= 0.3 is 0 Å². The highest BCUT2D eigenvalue weighted by atomic mass is 32.2. The summed E-state index contributed by atoms with van der Waals surface area (Å²) >= 11 is 1.22. The molecule has 4 aromatic rings. The molecule has 4 rings (SSSR count). The number of nitrogens with zero attached hydrogens (tertiary/aromatic N) is 3. The van der Waals surface area contributed by atoms with Crippen molar-refractivity contribution in [3.8, 4) is 11.6 Å². The number of benzene rings is 2. The van der Waals surface area contributed by atoms with Crippen molar-refractivity contribution in [3.63, 3.8) is 0 Å².